The monoisotopic (exact) mass is 179 g/mol. The molecular formula is C8H18ClNO. The van der Waals surface area contributed by atoms with Crippen LogP contribution in [0.1, 0.15) is 20.3 Å². The third kappa shape index (κ3) is 4.62. The zero-order valence-corrected chi connectivity index (χ0v) is 8.16. The maximum Gasteiger partial charge on any atom is 0.0863 e. The quantitative estimate of drug-likeness (QED) is 0.438. The van der Waals surface area contributed by atoms with E-state index in [0.29, 0.717) is 6.10 Å². The van der Waals surface area contributed by atoms with Crippen molar-refractivity contribution >= 4 is 0 Å². The predicted octanol–water partition coefficient (Wildman–Crippen LogP) is -3.30. The van der Waals surface area contributed by atoms with Gasteiger partial charge in [-0.25, -0.2) is 0 Å². The minimum Gasteiger partial charge on any atom is -1.00 e. The van der Waals surface area contributed by atoms with E-state index in [9.17, 15) is 0 Å². The maximum atomic E-state index is 5.13. The molecular weight excluding hydrogens is 162 g/mol. The molecule has 0 aromatic heterocycles. The van der Waals surface area contributed by atoms with Crippen LogP contribution < -0.4 is 17.3 Å². The Bertz CT molecular complexity index is 92.1. The Balaban J connectivity index is 0.000001000. The molecule has 1 rings (SSSR count). The summed E-state index contributed by atoms with van der Waals surface area (Å²) in [6.07, 6.45) is 1.88. The van der Waals surface area contributed by atoms with Crippen LogP contribution >= 0.6 is 0 Å². The Morgan fingerprint density at radius 2 is 1.91 bits per heavy atom. The largest absolute Gasteiger partial charge is 1.00 e. The van der Waals surface area contributed by atoms with Crippen molar-refractivity contribution in [1.82, 2.24) is 0 Å². The number of rotatable bonds is 5. The van der Waals surface area contributed by atoms with E-state index in [0.717, 1.165) is 6.61 Å². The molecule has 1 unspecified atom stereocenters. The van der Waals surface area contributed by atoms with Crippen molar-refractivity contribution in [2.24, 2.45) is 0 Å². The molecule has 1 saturated heterocycles. The van der Waals surface area contributed by atoms with Gasteiger partial charge in [-0.2, -0.15) is 0 Å². The molecule has 0 amide bonds. The summed E-state index contributed by atoms with van der Waals surface area (Å²) in [5.41, 5.74) is 0. The molecule has 3 heteroatoms. The van der Waals surface area contributed by atoms with E-state index in [1.807, 2.05) is 0 Å². The van der Waals surface area contributed by atoms with Crippen molar-refractivity contribution in [3.8, 4) is 0 Å². The van der Waals surface area contributed by atoms with Crippen molar-refractivity contribution in [3.63, 3.8) is 0 Å². The van der Waals surface area contributed by atoms with Gasteiger partial charge < -0.3 is 22.0 Å². The third-order valence-electron chi connectivity index (χ3n) is 2.22. The Kier molecular flexibility index (Phi) is 5.92. The fourth-order valence-corrected chi connectivity index (χ4v) is 1.20. The first-order valence-electron chi connectivity index (χ1n) is 4.32. The summed E-state index contributed by atoms with van der Waals surface area (Å²) < 4.78 is 5.13. The number of ether oxygens (including phenoxy) is 1. The van der Waals surface area contributed by atoms with Crippen molar-refractivity contribution in [3.05, 3.63) is 0 Å². The minimum absolute atomic E-state index is 0. The number of epoxide rings is 1. The van der Waals surface area contributed by atoms with Gasteiger partial charge >= 0.3 is 0 Å². The molecule has 0 saturated carbocycles. The van der Waals surface area contributed by atoms with Crippen molar-refractivity contribution in [1.29, 1.82) is 0 Å². The molecule has 0 aromatic carbocycles. The second-order valence-electron chi connectivity index (χ2n) is 2.95. The standard InChI is InChI=1S/C8H17NO.ClH/c1-3-9(4-2)6-5-8-7-10-8;/h8H,3-7H2,1-2H3;1H. The molecule has 68 valence electrons. The van der Waals surface area contributed by atoms with Gasteiger partial charge in [-0.1, -0.05) is 0 Å². The highest BCUT2D eigenvalue weighted by atomic mass is 35.5. The molecule has 11 heavy (non-hydrogen) atoms. The van der Waals surface area contributed by atoms with Gasteiger partial charge in [0.15, 0.2) is 0 Å². The van der Waals surface area contributed by atoms with Crippen LogP contribution in [0.5, 0.6) is 0 Å². The Morgan fingerprint density at radius 3 is 2.27 bits per heavy atom. The Labute approximate surface area is 75.3 Å². The molecule has 1 N–H and O–H groups in total. The maximum absolute atomic E-state index is 5.13. The van der Waals surface area contributed by atoms with Gasteiger partial charge in [-0.15, -0.1) is 0 Å². The Morgan fingerprint density at radius 1 is 1.36 bits per heavy atom. The van der Waals surface area contributed by atoms with Crippen LogP contribution in [0.15, 0.2) is 0 Å². The second kappa shape index (κ2) is 5.81. The van der Waals surface area contributed by atoms with E-state index >= 15 is 0 Å². The molecule has 1 heterocycles. The van der Waals surface area contributed by atoms with Crippen LogP contribution in [0.4, 0.5) is 0 Å². The summed E-state index contributed by atoms with van der Waals surface area (Å²) in [6, 6.07) is 0. The number of halogens is 1. The molecule has 0 aliphatic carbocycles. The molecule has 1 atom stereocenters. The topological polar surface area (TPSA) is 17.0 Å². The summed E-state index contributed by atoms with van der Waals surface area (Å²) >= 11 is 0. The fourth-order valence-electron chi connectivity index (χ4n) is 1.20. The summed E-state index contributed by atoms with van der Waals surface area (Å²) in [6.45, 7) is 9.30. The van der Waals surface area contributed by atoms with Crippen molar-refractivity contribution < 1.29 is 22.0 Å². The van der Waals surface area contributed by atoms with Crippen LogP contribution in [-0.4, -0.2) is 32.3 Å². The number of nitrogens with one attached hydrogen (secondary N) is 1. The van der Waals surface area contributed by atoms with Gasteiger partial charge in [0.05, 0.1) is 32.3 Å². The van der Waals surface area contributed by atoms with Crippen LogP contribution in [-0.2, 0) is 4.74 Å². The highest BCUT2D eigenvalue weighted by Gasteiger charge is 2.23. The normalized spacial score (nSPS) is 21.5. The average molecular weight is 180 g/mol. The van der Waals surface area contributed by atoms with Gasteiger partial charge in [0, 0.05) is 6.42 Å². The van der Waals surface area contributed by atoms with E-state index in [1.54, 1.807) is 4.90 Å². The fraction of sp³-hybridized carbons (Fsp3) is 1.00. The first kappa shape index (κ1) is 11.2. The van der Waals surface area contributed by atoms with Gasteiger partial charge in [0.1, 0.15) is 0 Å². The molecule has 1 fully saturated rings. The van der Waals surface area contributed by atoms with E-state index in [1.165, 1.54) is 26.1 Å². The second-order valence-corrected chi connectivity index (χ2v) is 2.95. The van der Waals surface area contributed by atoms with Crippen LogP contribution in [0.25, 0.3) is 0 Å². The third-order valence-corrected chi connectivity index (χ3v) is 2.22. The van der Waals surface area contributed by atoms with Gasteiger partial charge in [0.2, 0.25) is 0 Å². The lowest BCUT2D eigenvalue weighted by atomic mass is 10.3. The van der Waals surface area contributed by atoms with Crippen molar-refractivity contribution in [2.75, 3.05) is 26.2 Å². The minimum atomic E-state index is 0. The molecule has 0 aromatic rings. The number of hydrogen-bond acceptors (Lipinski definition) is 1. The first-order valence-corrected chi connectivity index (χ1v) is 4.32. The summed E-state index contributed by atoms with van der Waals surface area (Å²) in [7, 11) is 0. The predicted molar refractivity (Wildman–Crippen MR) is 41.3 cm³/mol. The van der Waals surface area contributed by atoms with E-state index in [2.05, 4.69) is 13.8 Å². The van der Waals surface area contributed by atoms with Gasteiger partial charge in [-0.3, -0.25) is 0 Å². The summed E-state index contributed by atoms with van der Waals surface area (Å²) in [4.78, 5) is 1.69. The lowest BCUT2D eigenvalue weighted by molar-refractivity contribution is -0.896. The average Bonchev–Trinajstić information content (AvgIpc) is 2.74. The van der Waals surface area contributed by atoms with Crippen LogP contribution in [0.3, 0.4) is 0 Å². The molecule has 1 aliphatic heterocycles. The molecule has 2 nitrogen and oxygen atoms in total. The highest BCUT2D eigenvalue weighted by Crippen LogP contribution is 2.10. The van der Waals surface area contributed by atoms with Gasteiger partial charge in [-0.05, 0) is 13.8 Å². The SMILES string of the molecule is CC[NH+](CC)CCC1CO1.[Cl-]. The molecule has 1 aliphatic rings. The molecule has 0 radical (unpaired) electrons. The zero-order chi connectivity index (χ0) is 7.40. The lowest BCUT2D eigenvalue weighted by Crippen LogP contribution is -3.11. The molecule has 0 spiro atoms. The van der Waals surface area contributed by atoms with Crippen LogP contribution in [0, 0.1) is 0 Å². The number of hydrogen-bond donors (Lipinski definition) is 1. The molecule has 0 bridgehead atoms. The lowest BCUT2D eigenvalue weighted by Gasteiger charge is -2.13. The van der Waals surface area contributed by atoms with E-state index in [4.69, 9.17) is 4.74 Å². The Hall–Kier alpha value is 0.210. The zero-order valence-electron chi connectivity index (χ0n) is 7.40. The smallest absolute Gasteiger partial charge is 0.0863 e. The van der Waals surface area contributed by atoms with Crippen molar-refractivity contribution in [2.45, 2.75) is 26.4 Å². The number of quaternary nitrogens is 1. The van der Waals surface area contributed by atoms with Gasteiger partial charge in [0.25, 0.3) is 0 Å². The van der Waals surface area contributed by atoms with E-state index < -0.39 is 0 Å². The highest BCUT2D eigenvalue weighted by molar-refractivity contribution is 4.67. The van der Waals surface area contributed by atoms with Crippen LogP contribution in [0.2, 0.25) is 0 Å². The summed E-state index contributed by atoms with van der Waals surface area (Å²) in [5.74, 6) is 0. The summed E-state index contributed by atoms with van der Waals surface area (Å²) in [5, 5.41) is 0. The van der Waals surface area contributed by atoms with E-state index in [-0.39, 0.29) is 12.4 Å². The first-order chi connectivity index (χ1) is 4.86.